The van der Waals surface area contributed by atoms with Gasteiger partial charge in [-0.1, -0.05) is 6.07 Å². The third-order valence-corrected chi connectivity index (χ3v) is 2.50. The maximum Gasteiger partial charge on any atom is 0.339 e. The van der Waals surface area contributed by atoms with Crippen LogP contribution in [0.15, 0.2) is 42.5 Å². The van der Waals surface area contributed by atoms with Gasteiger partial charge in [-0.15, -0.1) is 0 Å². The second kappa shape index (κ2) is 5.30. The standard InChI is InChI=1S/C14H13NO4/c1-18-10-3-2-4-11(8-10)19-13-6-5-9(15)7-12(13)14(16)17/h2-8H,15H2,1H3,(H,16,17). The van der Waals surface area contributed by atoms with Crippen molar-refractivity contribution in [1.82, 2.24) is 0 Å². The molecule has 0 atom stereocenters. The first-order valence-electron chi connectivity index (χ1n) is 5.55. The van der Waals surface area contributed by atoms with E-state index in [-0.39, 0.29) is 11.3 Å². The highest BCUT2D eigenvalue weighted by Crippen LogP contribution is 2.29. The minimum atomic E-state index is -1.09. The van der Waals surface area contributed by atoms with E-state index in [1.165, 1.54) is 12.1 Å². The third kappa shape index (κ3) is 2.95. The number of carboxylic acids is 1. The molecule has 0 heterocycles. The van der Waals surface area contributed by atoms with E-state index in [4.69, 9.17) is 20.3 Å². The fourth-order valence-electron chi connectivity index (χ4n) is 1.60. The van der Waals surface area contributed by atoms with Gasteiger partial charge in [0.15, 0.2) is 0 Å². The van der Waals surface area contributed by atoms with Crippen LogP contribution < -0.4 is 15.2 Å². The van der Waals surface area contributed by atoms with Gasteiger partial charge in [0, 0.05) is 11.8 Å². The molecule has 2 aromatic rings. The molecule has 0 aromatic heterocycles. The first-order valence-corrected chi connectivity index (χ1v) is 5.55. The Labute approximate surface area is 110 Å². The molecule has 0 unspecified atom stereocenters. The van der Waals surface area contributed by atoms with E-state index in [1.54, 1.807) is 37.4 Å². The first-order chi connectivity index (χ1) is 9.10. The number of rotatable bonds is 4. The second-order valence-electron chi connectivity index (χ2n) is 3.84. The predicted octanol–water partition coefficient (Wildman–Crippen LogP) is 2.77. The van der Waals surface area contributed by atoms with Crippen molar-refractivity contribution in [3.63, 3.8) is 0 Å². The molecule has 2 aromatic carbocycles. The number of anilines is 1. The van der Waals surface area contributed by atoms with Crippen LogP contribution in [0.1, 0.15) is 10.4 Å². The Bertz CT molecular complexity index is 610. The highest BCUT2D eigenvalue weighted by Gasteiger charge is 2.12. The summed E-state index contributed by atoms with van der Waals surface area (Å²) in [5.74, 6) is 0.261. The average Bonchev–Trinajstić information content (AvgIpc) is 2.41. The zero-order valence-electron chi connectivity index (χ0n) is 10.3. The number of nitrogens with two attached hydrogens (primary N) is 1. The van der Waals surface area contributed by atoms with Gasteiger partial charge in [-0.3, -0.25) is 0 Å². The van der Waals surface area contributed by atoms with Gasteiger partial charge in [-0.2, -0.15) is 0 Å². The molecule has 0 fully saturated rings. The predicted molar refractivity (Wildman–Crippen MR) is 70.9 cm³/mol. The Morgan fingerprint density at radius 3 is 2.58 bits per heavy atom. The summed E-state index contributed by atoms with van der Waals surface area (Å²) in [6.45, 7) is 0. The molecular formula is C14H13NO4. The molecule has 0 radical (unpaired) electrons. The van der Waals surface area contributed by atoms with Crippen molar-refractivity contribution >= 4 is 11.7 Å². The van der Waals surface area contributed by atoms with E-state index in [0.717, 1.165) is 0 Å². The van der Waals surface area contributed by atoms with Gasteiger partial charge in [0.2, 0.25) is 0 Å². The summed E-state index contributed by atoms with van der Waals surface area (Å²) in [6.07, 6.45) is 0. The fraction of sp³-hybridized carbons (Fsp3) is 0.0714. The van der Waals surface area contributed by atoms with E-state index in [2.05, 4.69) is 0 Å². The molecule has 0 bridgehead atoms. The molecule has 19 heavy (non-hydrogen) atoms. The maximum atomic E-state index is 11.1. The van der Waals surface area contributed by atoms with Crippen molar-refractivity contribution in [3.05, 3.63) is 48.0 Å². The van der Waals surface area contributed by atoms with Crippen molar-refractivity contribution in [2.24, 2.45) is 0 Å². The van der Waals surface area contributed by atoms with Crippen molar-refractivity contribution < 1.29 is 19.4 Å². The van der Waals surface area contributed by atoms with Gasteiger partial charge < -0.3 is 20.3 Å². The van der Waals surface area contributed by atoms with Crippen LogP contribution in [0.4, 0.5) is 5.69 Å². The Hall–Kier alpha value is -2.69. The molecule has 0 aliphatic heterocycles. The van der Waals surface area contributed by atoms with E-state index < -0.39 is 5.97 Å². The average molecular weight is 259 g/mol. The number of methoxy groups -OCH3 is 1. The van der Waals surface area contributed by atoms with Crippen LogP contribution in [0.3, 0.4) is 0 Å². The number of hydrogen-bond acceptors (Lipinski definition) is 4. The number of nitrogen functional groups attached to an aromatic ring is 1. The Balaban J connectivity index is 2.34. The van der Waals surface area contributed by atoms with E-state index in [0.29, 0.717) is 17.2 Å². The number of ether oxygens (including phenoxy) is 2. The molecule has 0 amide bonds. The number of benzene rings is 2. The summed E-state index contributed by atoms with van der Waals surface area (Å²) >= 11 is 0. The molecule has 2 rings (SSSR count). The topological polar surface area (TPSA) is 81.8 Å². The Kier molecular flexibility index (Phi) is 3.56. The van der Waals surface area contributed by atoms with E-state index >= 15 is 0 Å². The number of aromatic carboxylic acids is 1. The SMILES string of the molecule is COc1cccc(Oc2ccc(N)cc2C(=O)O)c1. The van der Waals surface area contributed by atoms with Crippen LogP contribution in [0.5, 0.6) is 17.2 Å². The van der Waals surface area contributed by atoms with Gasteiger partial charge in [-0.25, -0.2) is 4.79 Å². The third-order valence-electron chi connectivity index (χ3n) is 2.50. The second-order valence-corrected chi connectivity index (χ2v) is 3.84. The summed E-state index contributed by atoms with van der Waals surface area (Å²) in [5, 5.41) is 9.11. The first kappa shape index (κ1) is 12.8. The number of hydrogen-bond donors (Lipinski definition) is 2. The quantitative estimate of drug-likeness (QED) is 0.825. The van der Waals surface area contributed by atoms with Crippen LogP contribution >= 0.6 is 0 Å². The largest absolute Gasteiger partial charge is 0.497 e. The molecule has 0 saturated carbocycles. The lowest BCUT2D eigenvalue weighted by Gasteiger charge is -2.10. The van der Waals surface area contributed by atoms with E-state index in [9.17, 15) is 4.79 Å². The molecule has 0 saturated heterocycles. The van der Waals surface area contributed by atoms with Gasteiger partial charge in [0.05, 0.1) is 7.11 Å². The summed E-state index contributed by atoms with van der Waals surface area (Å²) < 4.78 is 10.6. The zero-order chi connectivity index (χ0) is 13.8. The summed E-state index contributed by atoms with van der Waals surface area (Å²) in [7, 11) is 1.55. The molecule has 0 aliphatic rings. The molecular weight excluding hydrogens is 246 g/mol. The molecule has 0 spiro atoms. The van der Waals surface area contributed by atoms with E-state index in [1.807, 2.05) is 0 Å². The minimum Gasteiger partial charge on any atom is -0.497 e. The van der Waals surface area contributed by atoms with Crippen LogP contribution in [0, 0.1) is 0 Å². The van der Waals surface area contributed by atoms with Crippen molar-refractivity contribution in [1.29, 1.82) is 0 Å². The maximum absolute atomic E-state index is 11.1. The monoisotopic (exact) mass is 259 g/mol. The normalized spacial score (nSPS) is 9.95. The smallest absolute Gasteiger partial charge is 0.339 e. The lowest BCUT2D eigenvalue weighted by Crippen LogP contribution is -2.01. The lowest BCUT2D eigenvalue weighted by molar-refractivity contribution is 0.0694. The van der Waals surface area contributed by atoms with Crippen molar-refractivity contribution in [2.45, 2.75) is 0 Å². The van der Waals surface area contributed by atoms with Crippen LogP contribution in [0.25, 0.3) is 0 Å². The number of carboxylic acid groups (broad SMARTS) is 1. The van der Waals surface area contributed by atoms with Gasteiger partial charge >= 0.3 is 5.97 Å². The molecule has 98 valence electrons. The summed E-state index contributed by atoms with van der Waals surface area (Å²) in [6, 6.07) is 11.4. The number of carbonyl (C=O) groups is 1. The van der Waals surface area contributed by atoms with Gasteiger partial charge in [0.1, 0.15) is 22.8 Å². The summed E-state index contributed by atoms with van der Waals surface area (Å²) in [4.78, 5) is 11.1. The molecule has 3 N–H and O–H groups in total. The Morgan fingerprint density at radius 2 is 1.89 bits per heavy atom. The molecule has 5 nitrogen and oxygen atoms in total. The van der Waals surface area contributed by atoms with Gasteiger partial charge in [-0.05, 0) is 30.3 Å². The fourth-order valence-corrected chi connectivity index (χ4v) is 1.60. The lowest BCUT2D eigenvalue weighted by atomic mass is 10.2. The zero-order valence-corrected chi connectivity index (χ0v) is 10.3. The highest BCUT2D eigenvalue weighted by molar-refractivity contribution is 5.92. The molecule has 0 aliphatic carbocycles. The highest BCUT2D eigenvalue weighted by atomic mass is 16.5. The van der Waals surface area contributed by atoms with Crippen molar-refractivity contribution in [2.75, 3.05) is 12.8 Å². The summed E-state index contributed by atoms with van der Waals surface area (Å²) in [5.41, 5.74) is 5.95. The van der Waals surface area contributed by atoms with Crippen LogP contribution in [-0.2, 0) is 0 Å². The Morgan fingerprint density at radius 1 is 1.16 bits per heavy atom. The van der Waals surface area contributed by atoms with Crippen molar-refractivity contribution in [3.8, 4) is 17.2 Å². The van der Waals surface area contributed by atoms with Crippen LogP contribution in [0.2, 0.25) is 0 Å². The minimum absolute atomic E-state index is 0.0165. The van der Waals surface area contributed by atoms with Gasteiger partial charge in [0.25, 0.3) is 0 Å². The molecule has 5 heteroatoms. The van der Waals surface area contributed by atoms with Crippen LogP contribution in [-0.4, -0.2) is 18.2 Å².